The number of allylic oxidation sites excluding steroid dienone is 1. The van der Waals surface area contributed by atoms with E-state index in [4.69, 9.17) is 5.11 Å². The lowest BCUT2D eigenvalue weighted by Gasteiger charge is -2.29. The zero-order valence-corrected chi connectivity index (χ0v) is 12.3. The van der Waals surface area contributed by atoms with Crippen LogP contribution in [0.2, 0.25) is 0 Å². The molecule has 0 aromatic carbocycles. The van der Waals surface area contributed by atoms with E-state index in [2.05, 4.69) is 16.1 Å². The summed E-state index contributed by atoms with van der Waals surface area (Å²) in [5.41, 5.74) is -5.79. The lowest BCUT2D eigenvalue weighted by Crippen LogP contribution is -2.63. The molecule has 24 heavy (non-hydrogen) atoms. The molecule has 0 fully saturated rings. The third-order valence-corrected chi connectivity index (χ3v) is 2.48. The molecule has 0 amide bonds. The van der Waals surface area contributed by atoms with Crippen molar-refractivity contribution in [3.05, 3.63) is 24.3 Å². The Hall–Kier alpha value is -2.04. The molecular weight excluding hydrogens is 350 g/mol. The number of esters is 2. The van der Waals surface area contributed by atoms with Crippen LogP contribution in [-0.2, 0) is 19.1 Å². The maximum atomic E-state index is 12.3. The van der Waals surface area contributed by atoms with Gasteiger partial charge in [0, 0.05) is 0 Å². The Morgan fingerprint density at radius 1 is 1.04 bits per heavy atom. The molecule has 0 aliphatic heterocycles. The number of hydrogen-bond acceptors (Lipinski definition) is 5. The first-order chi connectivity index (χ1) is 10.8. The highest BCUT2D eigenvalue weighted by Crippen LogP contribution is 2.43. The van der Waals surface area contributed by atoms with Crippen molar-refractivity contribution in [2.45, 2.75) is 31.3 Å². The summed E-state index contributed by atoms with van der Waals surface area (Å²) in [5.74, 6) is -3.97. The minimum atomic E-state index is -6.34. The van der Waals surface area contributed by atoms with E-state index < -0.39 is 43.1 Å². The molecule has 0 atom stereocenters. The van der Waals surface area contributed by atoms with Crippen LogP contribution in [0.1, 0.15) is 13.3 Å². The third-order valence-electron chi connectivity index (χ3n) is 2.48. The van der Waals surface area contributed by atoms with Gasteiger partial charge in [-0.05, 0) is 6.42 Å². The SMILES string of the molecule is C=C(/C=C\CC)C(=O)OCCOC(=O)C(O)(C(F)(F)F)C(F)(F)F. The molecule has 0 rings (SSSR count). The number of ether oxygens (including phenoxy) is 2. The van der Waals surface area contributed by atoms with Crippen LogP contribution in [0, 0.1) is 0 Å². The lowest BCUT2D eigenvalue weighted by atomic mass is 10.0. The summed E-state index contributed by atoms with van der Waals surface area (Å²) in [4.78, 5) is 22.3. The van der Waals surface area contributed by atoms with Crippen LogP contribution in [0.4, 0.5) is 26.3 Å². The van der Waals surface area contributed by atoms with Crippen molar-refractivity contribution in [3.8, 4) is 0 Å². The van der Waals surface area contributed by atoms with Crippen molar-refractivity contribution in [3.63, 3.8) is 0 Å². The Morgan fingerprint density at radius 3 is 1.92 bits per heavy atom. The van der Waals surface area contributed by atoms with Gasteiger partial charge < -0.3 is 14.6 Å². The number of carbonyl (C=O) groups excluding carboxylic acids is 2. The second-order valence-electron chi connectivity index (χ2n) is 4.31. The first kappa shape index (κ1) is 22.0. The average Bonchev–Trinajstić information content (AvgIpc) is 2.45. The highest BCUT2D eigenvalue weighted by Gasteiger charge is 2.76. The van der Waals surface area contributed by atoms with Crippen LogP contribution < -0.4 is 0 Å². The Balaban J connectivity index is 4.66. The van der Waals surface area contributed by atoms with Crippen LogP contribution >= 0.6 is 0 Å². The van der Waals surface area contributed by atoms with E-state index in [-0.39, 0.29) is 5.57 Å². The van der Waals surface area contributed by atoms with Gasteiger partial charge >= 0.3 is 29.9 Å². The van der Waals surface area contributed by atoms with Crippen molar-refractivity contribution in [1.29, 1.82) is 0 Å². The minimum Gasteiger partial charge on any atom is -0.459 e. The maximum absolute atomic E-state index is 12.3. The lowest BCUT2D eigenvalue weighted by molar-refractivity contribution is -0.357. The number of carbonyl (C=O) groups is 2. The van der Waals surface area contributed by atoms with Gasteiger partial charge in [0.15, 0.2) is 0 Å². The summed E-state index contributed by atoms with van der Waals surface area (Å²) in [6, 6.07) is 0. The van der Waals surface area contributed by atoms with Crippen molar-refractivity contribution in [1.82, 2.24) is 0 Å². The van der Waals surface area contributed by atoms with Crippen LogP contribution in [0.15, 0.2) is 24.3 Å². The summed E-state index contributed by atoms with van der Waals surface area (Å²) in [6.07, 6.45) is -9.25. The Morgan fingerprint density at radius 2 is 1.50 bits per heavy atom. The van der Waals surface area contributed by atoms with Gasteiger partial charge in [-0.2, -0.15) is 26.3 Å². The molecule has 0 heterocycles. The highest BCUT2D eigenvalue weighted by atomic mass is 19.4. The maximum Gasteiger partial charge on any atom is 0.437 e. The largest absolute Gasteiger partial charge is 0.459 e. The van der Waals surface area contributed by atoms with Crippen LogP contribution in [0.25, 0.3) is 0 Å². The molecule has 0 saturated heterocycles. The average molecular weight is 364 g/mol. The topological polar surface area (TPSA) is 72.8 Å². The fourth-order valence-corrected chi connectivity index (χ4v) is 1.19. The molecule has 0 spiro atoms. The highest BCUT2D eigenvalue weighted by molar-refractivity contribution is 5.90. The third kappa shape index (κ3) is 5.25. The number of hydrogen-bond donors (Lipinski definition) is 1. The van der Waals surface area contributed by atoms with Gasteiger partial charge in [-0.1, -0.05) is 25.7 Å². The second-order valence-corrected chi connectivity index (χ2v) is 4.31. The predicted molar refractivity (Wildman–Crippen MR) is 67.5 cm³/mol. The summed E-state index contributed by atoms with van der Waals surface area (Å²) in [5, 5.41) is 8.69. The van der Waals surface area contributed by atoms with Crippen molar-refractivity contribution >= 4 is 11.9 Å². The molecule has 11 heteroatoms. The zero-order valence-electron chi connectivity index (χ0n) is 12.3. The minimum absolute atomic E-state index is 0.120. The van der Waals surface area contributed by atoms with Crippen LogP contribution in [0.3, 0.4) is 0 Å². The van der Waals surface area contributed by atoms with E-state index >= 15 is 0 Å². The first-order valence-electron chi connectivity index (χ1n) is 6.34. The molecule has 0 aromatic rings. The first-order valence-corrected chi connectivity index (χ1v) is 6.34. The van der Waals surface area contributed by atoms with Gasteiger partial charge in [-0.25, -0.2) is 9.59 Å². The molecule has 0 radical (unpaired) electrons. The molecule has 1 N–H and O–H groups in total. The van der Waals surface area contributed by atoms with E-state index in [1.165, 1.54) is 6.08 Å². The van der Waals surface area contributed by atoms with Gasteiger partial charge in [0.2, 0.25) is 0 Å². The molecule has 0 aromatic heterocycles. The summed E-state index contributed by atoms with van der Waals surface area (Å²) in [6.45, 7) is 3.12. The normalized spacial score (nSPS) is 13.0. The Bertz CT molecular complexity index is 492. The van der Waals surface area contributed by atoms with Crippen molar-refractivity contribution < 1.29 is 50.5 Å². The van der Waals surface area contributed by atoms with Gasteiger partial charge in [0.25, 0.3) is 0 Å². The molecular formula is C13H14F6O5. The summed E-state index contributed by atoms with van der Waals surface area (Å²) < 4.78 is 82.2. The van der Waals surface area contributed by atoms with Gasteiger partial charge in [-0.15, -0.1) is 0 Å². The molecule has 0 saturated carbocycles. The van der Waals surface area contributed by atoms with Crippen molar-refractivity contribution in [2.24, 2.45) is 0 Å². The fraction of sp³-hybridized carbons (Fsp3) is 0.538. The Kier molecular flexibility index (Phi) is 7.48. The number of aliphatic hydroxyl groups is 1. The molecule has 138 valence electrons. The monoisotopic (exact) mass is 364 g/mol. The number of alkyl halides is 6. The van der Waals surface area contributed by atoms with E-state index in [1.54, 1.807) is 13.0 Å². The fourth-order valence-electron chi connectivity index (χ4n) is 1.19. The van der Waals surface area contributed by atoms with E-state index in [1.807, 2.05) is 0 Å². The van der Waals surface area contributed by atoms with Crippen molar-refractivity contribution in [2.75, 3.05) is 13.2 Å². The molecule has 0 aliphatic carbocycles. The van der Waals surface area contributed by atoms with Crippen LogP contribution in [-0.4, -0.2) is 48.2 Å². The number of rotatable bonds is 7. The van der Waals surface area contributed by atoms with E-state index in [0.717, 1.165) is 0 Å². The number of halogens is 6. The van der Waals surface area contributed by atoms with Crippen LogP contribution in [0.5, 0.6) is 0 Å². The zero-order chi connectivity index (χ0) is 19.2. The Labute approximate surface area is 132 Å². The molecule has 0 bridgehead atoms. The molecule has 0 aliphatic rings. The molecule has 0 unspecified atom stereocenters. The van der Waals surface area contributed by atoms with Gasteiger partial charge in [-0.3, -0.25) is 0 Å². The van der Waals surface area contributed by atoms with Gasteiger partial charge in [0.1, 0.15) is 13.2 Å². The van der Waals surface area contributed by atoms with Gasteiger partial charge in [0.05, 0.1) is 5.57 Å². The van der Waals surface area contributed by atoms with E-state index in [9.17, 15) is 35.9 Å². The standard InChI is InChI=1S/C13H14F6O5/c1-3-4-5-8(2)9(20)23-6-7-24-10(21)11(22,12(14,15)16)13(17,18)19/h4-5,22H,2-3,6-7H2,1H3/b5-4-. The summed E-state index contributed by atoms with van der Waals surface area (Å²) in [7, 11) is 0. The second kappa shape index (κ2) is 8.18. The quantitative estimate of drug-likeness (QED) is 0.247. The van der Waals surface area contributed by atoms with E-state index in [0.29, 0.717) is 6.42 Å². The smallest absolute Gasteiger partial charge is 0.437 e. The predicted octanol–water partition coefficient (Wildman–Crippen LogP) is 2.45. The summed E-state index contributed by atoms with van der Waals surface area (Å²) >= 11 is 0. The molecule has 5 nitrogen and oxygen atoms in total.